The second kappa shape index (κ2) is 8.10. The normalized spacial score (nSPS) is 21.0. The SMILES string of the molecule is CCNC(CN(C)CC1CCCC1)C(C)CC. The van der Waals surface area contributed by atoms with Crippen LogP contribution >= 0.6 is 0 Å². The van der Waals surface area contributed by atoms with Gasteiger partial charge in [0.25, 0.3) is 0 Å². The van der Waals surface area contributed by atoms with Crippen LogP contribution in [0.15, 0.2) is 0 Å². The molecular weight excluding hydrogens is 208 g/mol. The summed E-state index contributed by atoms with van der Waals surface area (Å²) < 4.78 is 0. The lowest BCUT2D eigenvalue weighted by Crippen LogP contribution is -2.44. The molecule has 102 valence electrons. The maximum absolute atomic E-state index is 3.65. The van der Waals surface area contributed by atoms with Gasteiger partial charge in [-0.15, -0.1) is 0 Å². The van der Waals surface area contributed by atoms with Crippen LogP contribution in [0.5, 0.6) is 0 Å². The number of rotatable bonds is 8. The minimum Gasteiger partial charge on any atom is -0.313 e. The van der Waals surface area contributed by atoms with E-state index in [0.717, 1.165) is 18.4 Å². The van der Waals surface area contributed by atoms with Gasteiger partial charge in [0.05, 0.1) is 0 Å². The molecule has 1 saturated carbocycles. The van der Waals surface area contributed by atoms with Crippen LogP contribution in [-0.2, 0) is 0 Å². The van der Waals surface area contributed by atoms with E-state index in [0.29, 0.717) is 6.04 Å². The van der Waals surface area contributed by atoms with E-state index >= 15 is 0 Å². The smallest absolute Gasteiger partial charge is 0.0220 e. The van der Waals surface area contributed by atoms with Crippen molar-refractivity contribution in [2.75, 3.05) is 26.7 Å². The minimum absolute atomic E-state index is 0.663. The van der Waals surface area contributed by atoms with Gasteiger partial charge in [-0.3, -0.25) is 0 Å². The van der Waals surface area contributed by atoms with Crippen LogP contribution in [0.2, 0.25) is 0 Å². The van der Waals surface area contributed by atoms with Gasteiger partial charge in [-0.1, -0.05) is 40.0 Å². The predicted molar refractivity (Wildman–Crippen MR) is 76.4 cm³/mol. The summed E-state index contributed by atoms with van der Waals surface area (Å²) in [6.07, 6.45) is 7.11. The summed E-state index contributed by atoms with van der Waals surface area (Å²) >= 11 is 0. The van der Waals surface area contributed by atoms with E-state index in [4.69, 9.17) is 0 Å². The monoisotopic (exact) mass is 240 g/mol. The van der Waals surface area contributed by atoms with Gasteiger partial charge in [-0.2, -0.15) is 0 Å². The molecule has 1 N–H and O–H groups in total. The second-order valence-electron chi connectivity index (χ2n) is 5.92. The molecule has 1 fully saturated rings. The molecule has 2 nitrogen and oxygen atoms in total. The van der Waals surface area contributed by atoms with Crippen molar-refractivity contribution in [3.8, 4) is 0 Å². The molecule has 1 aliphatic carbocycles. The molecular formula is C15H32N2. The van der Waals surface area contributed by atoms with E-state index in [9.17, 15) is 0 Å². The molecule has 0 bridgehead atoms. The first-order valence-corrected chi connectivity index (χ1v) is 7.59. The predicted octanol–water partition coefficient (Wildman–Crippen LogP) is 3.13. The van der Waals surface area contributed by atoms with Crippen LogP contribution in [0.1, 0.15) is 52.9 Å². The van der Waals surface area contributed by atoms with Gasteiger partial charge in [0.15, 0.2) is 0 Å². The third kappa shape index (κ3) is 5.39. The Morgan fingerprint density at radius 2 is 1.88 bits per heavy atom. The van der Waals surface area contributed by atoms with E-state index in [-0.39, 0.29) is 0 Å². The Balaban J connectivity index is 2.31. The van der Waals surface area contributed by atoms with Crippen molar-refractivity contribution in [2.24, 2.45) is 11.8 Å². The molecule has 1 aliphatic rings. The zero-order valence-electron chi connectivity index (χ0n) is 12.3. The number of likely N-dealkylation sites (N-methyl/N-ethyl adjacent to an activating group) is 2. The summed E-state index contributed by atoms with van der Waals surface area (Å²) in [4.78, 5) is 2.55. The molecule has 0 aromatic rings. The molecule has 0 saturated heterocycles. The van der Waals surface area contributed by atoms with Gasteiger partial charge in [0.2, 0.25) is 0 Å². The summed E-state index contributed by atoms with van der Waals surface area (Å²) in [5.41, 5.74) is 0. The Labute approximate surface area is 108 Å². The highest BCUT2D eigenvalue weighted by Crippen LogP contribution is 2.25. The lowest BCUT2D eigenvalue weighted by atomic mass is 9.98. The van der Waals surface area contributed by atoms with Crippen molar-refractivity contribution >= 4 is 0 Å². The maximum Gasteiger partial charge on any atom is 0.0220 e. The standard InChI is InChI=1S/C15H32N2/c1-5-13(3)15(16-6-2)12-17(4)11-14-9-7-8-10-14/h13-16H,5-12H2,1-4H3. The quantitative estimate of drug-likeness (QED) is 0.701. The molecule has 2 heteroatoms. The van der Waals surface area contributed by atoms with Crippen molar-refractivity contribution in [1.29, 1.82) is 0 Å². The molecule has 0 aliphatic heterocycles. The molecule has 0 radical (unpaired) electrons. The van der Waals surface area contributed by atoms with Crippen LogP contribution in [0.3, 0.4) is 0 Å². The van der Waals surface area contributed by atoms with Gasteiger partial charge in [-0.05, 0) is 38.3 Å². The van der Waals surface area contributed by atoms with E-state index < -0.39 is 0 Å². The Morgan fingerprint density at radius 1 is 1.24 bits per heavy atom. The third-order valence-electron chi connectivity index (χ3n) is 4.35. The molecule has 0 amide bonds. The van der Waals surface area contributed by atoms with Crippen molar-refractivity contribution in [3.05, 3.63) is 0 Å². The largest absolute Gasteiger partial charge is 0.313 e. The van der Waals surface area contributed by atoms with Crippen molar-refractivity contribution in [1.82, 2.24) is 10.2 Å². The Kier molecular flexibility index (Phi) is 7.14. The molecule has 1 rings (SSSR count). The average Bonchev–Trinajstić information content (AvgIpc) is 2.80. The number of hydrogen-bond acceptors (Lipinski definition) is 2. The fraction of sp³-hybridized carbons (Fsp3) is 1.00. The summed E-state index contributed by atoms with van der Waals surface area (Å²) in [6, 6.07) is 0.663. The van der Waals surface area contributed by atoms with Gasteiger partial charge in [-0.25, -0.2) is 0 Å². The van der Waals surface area contributed by atoms with E-state index in [1.807, 2.05) is 0 Å². The average molecular weight is 240 g/mol. The fourth-order valence-electron chi connectivity index (χ4n) is 3.04. The van der Waals surface area contributed by atoms with Crippen LogP contribution < -0.4 is 5.32 Å². The minimum atomic E-state index is 0.663. The van der Waals surface area contributed by atoms with Crippen molar-refractivity contribution in [3.63, 3.8) is 0 Å². The van der Waals surface area contributed by atoms with Crippen LogP contribution in [-0.4, -0.2) is 37.6 Å². The Bertz CT molecular complexity index is 187. The van der Waals surface area contributed by atoms with E-state index in [1.165, 1.54) is 45.2 Å². The van der Waals surface area contributed by atoms with Crippen molar-refractivity contribution < 1.29 is 0 Å². The van der Waals surface area contributed by atoms with Crippen molar-refractivity contribution in [2.45, 2.75) is 58.9 Å². The highest BCUT2D eigenvalue weighted by Gasteiger charge is 2.20. The third-order valence-corrected chi connectivity index (χ3v) is 4.35. The zero-order chi connectivity index (χ0) is 12.7. The maximum atomic E-state index is 3.65. The Morgan fingerprint density at radius 3 is 2.41 bits per heavy atom. The van der Waals surface area contributed by atoms with Crippen LogP contribution in [0.4, 0.5) is 0 Å². The highest BCUT2D eigenvalue weighted by atomic mass is 15.1. The first-order chi connectivity index (χ1) is 8.17. The molecule has 0 spiro atoms. The first-order valence-electron chi connectivity index (χ1n) is 7.59. The fourth-order valence-corrected chi connectivity index (χ4v) is 3.04. The molecule has 0 aromatic heterocycles. The van der Waals surface area contributed by atoms with Crippen LogP contribution in [0, 0.1) is 11.8 Å². The summed E-state index contributed by atoms with van der Waals surface area (Å²) in [5, 5.41) is 3.65. The Hall–Kier alpha value is -0.0800. The van der Waals surface area contributed by atoms with E-state index in [2.05, 4.69) is 38.0 Å². The molecule has 17 heavy (non-hydrogen) atoms. The molecule has 0 aromatic carbocycles. The number of nitrogens with one attached hydrogen (secondary N) is 1. The lowest BCUT2D eigenvalue weighted by Gasteiger charge is -2.30. The topological polar surface area (TPSA) is 15.3 Å². The van der Waals surface area contributed by atoms with E-state index in [1.54, 1.807) is 0 Å². The molecule has 0 heterocycles. The molecule has 2 atom stereocenters. The van der Waals surface area contributed by atoms with Gasteiger partial charge in [0, 0.05) is 19.1 Å². The number of nitrogens with zero attached hydrogens (tertiary/aromatic N) is 1. The second-order valence-corrected chi connectivity index (χ2v) is 5.92. The first kappa shape index (κ1) is 15.0. The number of hydrogen-bond donors (Lipinski definition) is 1. The lowest BCUT2D eigenvalue weighted by molar-refractivity contribution is 0.219. The molecule has 2 unspecified atom stereocenters. The zero-order valence-corrected chi connectivity index (χ0v) is 12.3. The van der Waals surface area contributed by atoms with Gasteiger partial charge in [0.1, 0.15) is 0 Å². The summed E-state index contributed by atoms with van der Waals surface area (Å²) in [5.74, 6) is 1.75. The summed E-state index contributed by atoms with van der Waals surface area (Å²) in [7, 11) is 2.30. The van der Waals surface area contributed by atoms with Crippen LogP contribution in [0.25, 0.3) is 0 Å². The highest BCUT2D eigenvalue weighted by molar-refractivity contribution is 4.77. The van der Waals surface area contributed by atoms with Gasteiger partial charge >= 0.3 is 0 Å². The summed E-state index contributed by atoms with van der Waals surface area (Å²) in [6.45, 7) is 10.5. The van der Waals surface area contributed by atoms with Gasteiger partial charge < -0.3 is 10.2 Å².